The number of hydrogen-bond donors (Lipinski definition) is 0. The molecule has 0 N–H and O–H groups in total. The molecule has 0 bridgehead atoms. The van der Waals surface area contributed by atoms with Crippen LogP contribution >= 0.6 is 23.4 Å². The maximum Gasteiger partial charge on any atom is 0.159 e. The van der Waals surface area contributed by atoms with Gasteiger partial charge in [0.05, 0.1) is 6.61 Å². The summed E-state index contributed by atoms with van der Waals surface area (Å²) < 4.78 is 32.6. The van der Waals surface area contributed by atoms with E-state index >= 15 is 4.39 Å². The zero-order valence-corrected chi connectivity index (χ0v) is 25.0. The summed E-state index contributed by atoms with van der Waals surface area (Å²) in [5.41, 5.74) is 4.97. The molecule has 0 saturated heterocycles. The number of fused-ring (bicyclic) bond motifs is 1. The van der Waals surface area contributed by atoms with Gasteiger partial charge in [-0.1, -0.05) is 69.5 Å². The standard InChI is InChI=1S/C32H44ClFO3S/c1-5-8-16-36-18-15-29(34)31(37-17-9-6-2)22-30(35-4)24-13-14-28(33)25(19-24)20-26-21-27-23(7-3)11-10-12-32(27)38-26/h10-14,19,22,26,29-30H,5-9,15-18,20-21H2,1-4H3/b31-22+. The van der Waals surface area contributed by atoms with Gasteiger partial charge in [0.1, 0.15) is 11.9 Å². The van der Waals surface area contributed by atoms with Crippen molar-refractivity contribution in [2.45, 2.75) is 94.6 Å². The van der Waals surface area contributed by atoms with E-state index in [2.05, 4.69) is 45.0 Å². The molecule has 2 aromatic carbocycles. The topological polar surface area (TPSA) is 27.7 Å². The van der Waals surface area contributed by atoms with Crippen LogP contribution in [0.4, 0.5) is 4.39 Å². The number of aryl methyl sites for hydroxylation is 1. The van der Waals surface area contributed by atoms with Crippen LogP contribution in [0.1, 0.15) is 81.2 Å². The van der Waals surface area contributed by atoms with Crippen LogP contribution in [-0.4, -0.2) is 38.4 Å². The molecule has 1 heterocycles. The second kappa shape index (κ2) is 16.5. The second-order valence-electron chi connectivity index (χ2n) is 9.90. The Kier molecular flexibility index (Phi) is 13.5. The van der Waals surface area contributed by atoms with Gasteiger partial charge in [-0.3, -0.25) is 0 Å². The Hall–Kier alpha value is -1.53. The molecule has 3 atom stereocenters. The van der Waals surface area contributed by atoms with Gasteiger partial charge in [0, 0.05) is 41.9 Å². The first-order valence-electron chi connectivity index (χ1n) is 14.1. The summed E-state index contributed by atoms with van der Waals surface area (Å²) in [6.07, 6.45) is 7.28. The van der Waals surface area contributed by atoms with Crippen LogP contribution in [0.5, 0.6) is 0 Å². The Morgan fingerprint density at radius 2 is 1.87 bits per heavy atom. The van der Waals surface area contributed by atoms with E-state index in [-0.39, 0.29) is 6.42 Å². The molecule has 3 nitrogen and oxygen atoms in total. The van der Waals surface area contributed by atoms with Crippen LogP contribution in [0.2, 0.25) is 5.02 Å². The first-order chi connectivity index (χ1) is 18.5. The third-order valence-electron chi connectivity index (χ3n) is 6.99. The molecule has 0 saturated carbocycles. The molecule has 0 spiro atoms. The number of alkyl halides is 1. The first kappa shape index (κ1) is 31.0. The van der Waals surface area contributed by atoms with Crippen LogP contribution in [0, 0.1) is 0 Å². The maximum absolute atomic E-state index is 15.3. The first-order valence-corrected chi connectivity index (χ1v) is 15.4. The smallest absolute Gasteiger partial charge is 0.159 e. The fraction of sp³-hybridized carbons (Fsp3) is 0.562. The van der Waals surface area contributed by atoms with Crippen molar-refractivity contribution >= 4 is 23.4 Å². The highest BCUT2D eigenvalue weighted by molar-refractivity contribution is 8.00. The van der Waals surface area contributed by atoms with Gasteiger partial charge in [-0.05, 0) is 72.6 Å². The summed E-state index contributed by atoms with van der Waals surface area (Å²) in [7, 11) is 1.65. The molecule has 1 aliphatic heterocycles. The molecule has 6 heteroatoms. The molecule has 0 fully saturated rings. The summed E-state index contributed by atoms with van der Waals surface area (Å²) in [6, 6.07) is 12.6. The second-order valence-corrected chi connectivity index (χ2v) is 11.6. The van der Waals surface area contributed by atoms with E-state index in [9.17, 15) is 0 Å². The van der Waals surface area contributed by atoms with Gasteiger partial charge in [0.2, 0.25) is 0 Å². The van der Waals surface area contributed by atoms with Crippen molar-refractivity contribution in [2.75, 3.05) is 26.9 Å². The monoisotopic (exact) mass is 562 g/mol. The normalized spacial score (nSPS) is 16.9. The van der Waals surface area contributed by atoms with Gasteiger partial charge >= 0.3 is 0 Å². The molecule has 3 rings (SSSR count). The lowest BCUT2D eigenvalue weighted by Gasteiger charge is -2.20. The van der Waals surface area contributed by atoms with Gasteiger partial charge in [0.15, 0.2) is 6.17 Å². The van der Waals surface area contributed by atoms with Crippen LogP contribution in [0.15, 0.2) is 53.1 Å². The molecule has 0 amide bonds. The fourth-order valence-electron chi connectivity index (χ4n) is 4.72. The van der Waals surface area contributed by atoms with Crippen molar-refractivity contribution in [3.8, 4) is 0 Å². The molecule has 0 radical (unpaired) electrons. The van der Waals surface area contributed by atoms with Crippen molar-refractivity contribution in [3.05, 3.63) is 75.5 Å². The summed E-state index contributed by atoms with van der Waals surface area (Å²) >= 11 is 8.61. The van der Waals surface area contributed by atoms with Crippen LogP contribution in [0.3, 0.4) is 0 Å². The Balaban J connectivity index is 1.74. The number of ether oxygens (including phenoxy) is 3. The quantitative estimate of drug-likeness (QED) is 0.142. The number of thioether (sulfide) groups is 1. The van der Waals surface area contributed by atoms with E-state index in [1.165, 1.54) is 16.0 Å². The molecule has 0 aliphatic carbocycles. The third-order valence-corrected chi connectivity index (χ3v) is 8.66. The molecule has 2 aromatic rings. The van der Waals surface area contributed by atoms with Crippen molar-refractivity contribution < 1.29 is 18.6 Å². The van der Waals surface area contributed by atoms with E-state index in [0.717, 1.165) is 61.1 Å². The number of halogens is 2. The molecule has 3 unspecified atom stereocenters. The average molecular weight is 563 g/mol. The lowest BCUT2D eigenvalue weighted by atomic mass is 9.97. The van der Waals surface area contributed by atoms with Crippen LogP contribution in [0.25, 0.3) is 0 Å². The van der Waals surface area contributed by atoms with Crippen LogP contribution < -0.4 is 0 Å². The highest BCUT2D eigenvalue weighted by Gasteiger charge is 2.26. The molecule has 210 valence electrons. The van der Waals surface area contributed by atoms with Gasteiger partial charge in [0.25, 0.3) is 0 Å². The Labute approximate surface area is 238 Å². The number of unbranched alkanes of at least 4 members (excludes halogenated alkanes) is 2. The third kappa shape index (κ3) is 9.01. The van der Waals surface area contributed by atoms with E-state index in [4.69, 9.17) is 25.8 Å². The molecular weight excluding hydrogens is 519 g/mol. The van der Waals surface area contributed by atoms with Gasteiger partial charge in [-0.25, -0.2) is 4.39 Å². The minimum absolute atomic E-state index is 0.267. The largest absolute Gasteiger partial charge is 0.495 e. The minimum Gasteiger partial charge on any atom is -0.495 e. The van der Waals surface area contributed by atoms with E-state index in [0.29, 0.717) is 30.8 Å². The zero-order chi connectivity index (χ0) is 27.3. The molecule has 0 aromatic heterocycles. The summed E-state index contributed by atoms with van der Waals surface area (Å²) in [4.78, 5) is 1.39. The summed E-state index contributed by atoms with van der Waals surface area (Å²) in [5.74, 6) is 0.329. The predicted octanol–water partition coefficient (Wildman–Crippen LogP) is 9.09. The predicted molar refractivity (Wildman–Crippen MR) is 158 cm³/mol. The zero-order valence-electron chi connectivity index (χ0n) is 23.4. The Morgan fingerprint density at radius 1 is 1.08 bits per heavy atom. The lowest BCUT2D eigenvalue weighted by Crippen LogP contribution is -2.14. The van der Waals surface area contributed by atoms with E-state index in [1.54, 1.807) is 13.2 Å². The average Bonchev–Trinajstić information content (AvgIpc) is 3.34. The molecular formula is C32H44ClFO3S. The van der Waals surface area contributed by atoms with Crippen molar-refractivity contribution in [3.63, 3.8) is 0 Å². The Bertz CT molecular complexity index is 1030. The van der Waals surface area contributed by atoms with Crippen molar-refractivity contribution in [1.29, 1.82) is 0 Å². The Morgan fingerprint density at radius 3 is 2.61 bits per heavy atom. The fourth-order valence-corrected chi connectivity index (χ4v) is 6.31. The number of rotatable bonds is 17. The van der Waals surface area contributed by atoms with Gasteiger partial charge < -0.3 is 14.2 Å². The van der Waals surface area contributed by atoms with Crippen molar-refractivity contribution in [1.82, 2.24) is 0 Å². The maximum atomic E-state index is 15.3. The highest BCUT2D eigenvalue weighted by atomic mass is 35.5. The summed E-state index contributed by atoms with van der Waals surface area (Å²) in [6.45, 7) is 7.95. The SMILES string of the molecule is CCCCOCCC(F)/C(=C\C(OC)c1ccc(Cl)c(CC2Cc3c(CC)cccc3S2)c1)OCCCC. The molecule has 38 heavy (non-hydrogen) atoms. The minimum atomic E-state index is -1.24. The number of hydrogen-bond acceptors (Lipinski definition) is 4. The number of allylic oxidation sites excluding steroid dienone is 1. The number of benzene rings is 2. The van der Waals surface area contributed by atoms with Gasteiger partial charge in [-0.15, -0.1) is 11.8 Å². The van der Waals surface area contributed by atoms with E-state index < -0.39 is 12.3 Å². The van der Waals surface area contributed by atoms with Crippen molar-refractivity contribution in [2.24, 2.45) is 0 Å². The van der Waals surface area contributed by atoms with Crippen LogP contribution in [-0.2, 0) is 33.5 Å². The van der Waals surface area contributed by atoms with E-state index in [1.807, 2.05) is 23.9 Å². The highest BCUT2D eigenvalue weighted by Crippen LogP contribution is 2.41. The number of methoxy groups -OCH3 is 1. The molecule has 1 aliphatic rings. The lowest BCUT2D eigenvalue weighted by molar-refractivity contribution is 0.0864. The van der Waals surface area contributed by atoms with Gasteiger partial charge in [-0.2, -0.15) is 0 Å². The summed E-state index contributed by atoms with van der Waals surface area (Å²) in [5, 5.41) is 1.20.